The van der Waals surface area contributed by atoms with Crippen molar-refractivity contribution in [2.24, 2.45) is 5.10 Å². The smallest absolute Gasteiger partial charge is 0.227 e. The fourth-order valence-electron chi connectivity index (χ4n) is 0.735. The van der Waals surface area contributed by atoms with Gasteiger partial charge in [-0.05, 0) is 17.7 Å². The van der Waals surface area contributed by atoms with E-state index in [1.807, 2.05) is 5.43 Å². The van der Waals surface area contributed by atoms with Gasteiger partial charge < -0.3 is 0 Å². The van der Waals surface area contributed by atoms with Gasteiger partial charge >= 0.3 is 0 Å². The van der Waals surface area contributed by atoms with E-state index in [0.29, 0.717) is 12.0 Å². The maximum atomic E-state index is 12.6. The average molecular weight is 184 g/mol. The minimum atomic E-state index is -0.949. The summed E-state index contributed by atoms with van der Waals surface area (Å²) in [5.41, 5.74) is 2.37. The molecule has 0 spiro atoms. The number of carbonyl (C=O) groups excluding carboxylic acids is 1. The van der Waals surface area contributed by atoms with Gasteiger partial charge in [-0.1, -0.05) is 6.07 Å². The van der Waals surface area contributed by atoms with Crippen LogP contribution in [0.5, 0.6) is 0 Å². The molecule has 0 aromatic heterocycles. The Kier molecular flexibility index (Phi) is 3.08. The number of nitrogens with zero attached hydrogens (tertiary/aromatic N) is 1. The molecule has 0 saturated carbocycles. The van der Waals surface area contributed by atoms with Crippen LogP contribution in [0.25, 0.3) is 0 Å². The van der Waals surface area contributed by atoms with Gasteiger partial charge in [0.2, 0.25) is 6.41 Å². The van der Waals surface area contributed by atoms with Crippen molar-refractivity contribution < 1.29 is 13.6 Å². The van der Waals surface area contributed by atoms with E-state index in [1.54, 1.807) is 0 Å². The lowest BCUT2D eigenvalue weighted by molar-refractivity contribution is -0.109. The zero-order valence-electron chi connectivity index (χ0n) is 6.50. The topological polar surface area (TPSA) is 41.5 Å². The highest BCUT2D eigenvalue weighted by Crippen LogP contribution is 2.06. The van der Waals surface area contributed by atoms with Crippen molar-refractivity contribution in [2.75, 3.05) is 0 Å². The summed E-state index contributed by atoms with van der Waals surface area (Å²) in [4.78, 5) is 9.76. The molecule has 0 radical (unpaired) electrons. The summed E-state index contributed by atoms with van der Waals surface area (Å²) < 4.78 is 25.0. The van der Waals surface area contributed by atoms with Crippen molar-refractivity contribution in [3.63, 3.8) is 0 Å². The summed E-state index contributed by atoms with van der Waals surface area (Å²) in [5, 5.41) is 3.40. The number of hydrazone groups is 1. The fourth-order valence-corrected chi connectivity index (χ4v) is 0.735. The lowest BCUT2D eigenvalue weighted by Crippen LogP contribution is -2.00. The van der Waals surface area contributed by atoms with Gasteiger partial charge in [-0.3, -0.25) is 4.79 Å². The number of nitrogens with one attached hydrogen (secondary N) is 1. The third-order valence-corrected chi connectivity index (χ3v) is 1.28. The average Bonchev–Trinajstić information content (AvgIpc) is 2.12. The number of halogens is 2. The summed E-state index contributed by atoms with van der Waals surface area (Å²) in [5.74, 6) is -1.87. The van der Waals surface area contributed by atoms with E-state index in [2.05, 4.69) is 5.10 Å². The summed E-state index contributed by atoms with van der Waals surface area (Å²) in [6, 6.07) is 3.30. The second-order valence-corrected chi connectivity index (χ2v) is 2.18. The van der Waals surface area contributed by atoms with Gasteiger partial charge in [-0.15, -0.1) is 0 Å². The van der Waals surface area contributed by atoms with Gasteiger partial charge in [0.15, 0.2) is 11.6 Å². The summed E-state index contributed by atoms with van der Waals surface area (Å²) in [6.45, 7) is 0. The van der Waals surface area contributed by atoms with Crippen LogP contribution in [0.4, 0.5) is 8.78 Å². The zero-order chi connectivity index (χ0) is 9.68. The Balaban J connectivity index is 2.79. The highest BCUT2D eigenvalue weighted by Gasteiger charge is 1.99. The van der Waals surface area contributed by atoms with Crippen molar-refractivity contribution in [3.8, 4) is 0 Å². The summed E-state index contributed by atoms with van der Waals surface area (Å²) in [6.07, 6.45) is 1.58. The van der Waals surface area contributed by atoms with E-state index in [0.717, 1.165) is 12.1 Å². The zero-order valence-corrected chi connectivity index (χ0v) is 6.50. The van der Waals surface area contributed by atoms with Crippen molar-refractivity contribution in [1.82, 2.24) is 5.43 Å². The second kappa shape index (κ2) is 4.30. The Labute approximate surface area is 73.1 Å². The van der Waals surface area contributed by atoms with Crippen molar-refractivity contribution in [3.05, 3.63) is 35.4 Å². The molecule has 1 rings (SSSR count). The first kappa shape index (κ1) is 9.31. The van der Waals surface area contributed by atoms with Gasteiger partial charge in [-0.25, -0.2) is 14.2 Å². The summed E-state index contributed by atoms with van der Waals surface area (Å²) >= 11 is 0. The minimum absolute atomic E-state index is 0.369. The molecule has 0 aliphatic heterocycles. The third-order valence-electron chi connectivity index (χ3n) is 1.28. The van der Waals surface area contributed by atoms with Gasteiger partial charge in [-0.2, -0.15) is 5.10 Å². The molecule has 13 heavy (non-hydrogen) atoms. The van der Waals surface area contributed by atoms with E-state index in [1.165, 1.54) is 12.3 Å². The lowest BCUT2D eigenvalue weighted by Gasteiger charge is -1.94. The molecule has 1 amide bonds. The molecular formula is C8H6F2N2O. The number of amides is 1. The molecule has 1 aromatic carbocycles. The van der Waals surface area contributed by atoms with Crippen molar-refractivity contribution in [2.45, 2.75) is 0 Å². The molecule has 3 nitrogen and oxygen atoms in total. The Morgan fingerprint density at radius 1 is 1.31 bits per heavy atom. The quantitative estimate of drug-likeness (QED) is 0.425. The third kappa shape index (κ3) is 2.62. The van der Waals surface area contributed by atoms with Crippen molar-refractivity contribution >= 4 is 12.6 Å². The molecule has 0 bridgehead atoms. The number of hydrogen-bond donors (Lipinski definition) is 1. The van der Waals surface area contributed by atoms with E-state index in [9.17, 15) is 13.6 Å². The lowest BCUT2D eigenvalue weighted by atomic mass is 10.2. The number of rotatable bonds is 3. The van der Waals surface area contributed by atoms with Crippen LogP contribution in [0.15, 0.2) is 23.3 Å². The SMILES string of the molecule is O=CN/N=C/c1ccc(F)c(F)c1. The van der Waals surface area contributed by atoms with E-state index in [-0.39, 0.29) is 0 Å². The molecule has 68 valence electrons. The summed E-state index contributed by atoms with van der Waals surface area (Å²) in [7, 11) is 0. The Morgan fingerprint density at radius 3 is 2.69 bits per heavy atom. The molecule has 0 atom stereocenters. The molecule has 5 heteroatoms. The highest BCUT2D eigenvalue weighted by molar-refractivity contribution is 5.79. The van der Waals surface area contributed by atoms with Crippen LogP contribution in [0, 0.1) is 11.6 Å². The monoisotopic (exact) mass is 184 g/mol. The first-order chi connectivity index (χ1) is 6.24. The highest BCUT2D eigenvalue weighted by atomic mass is 19.2. The molecule has 0 aliphatic carbocycles. The number of carbonyl (C=O) groups is 1. The van der Waals surface area contributed by atoms with Gasteiger partial charge in [0.1, 0.15) is 0 Å². The Morgan fingerprint density at radius 2 is 2.08 bits per heavy atom. The largest absolute Gasteiger partial charge is 0.277 e. The molecule has 0 unspecified atom stereocenters. The van der Waals surface area contributed by atoms with Crippen LogP contribution in [0.3, 0.4) is 0 Å². The Hall–Kier alpha value is -1.78. The fraction of sp³-hybridized carbons (Fsp3) is 0. The van der Waals surface area contributed by atoms with E-state index >= 15 is 0 Å². The number of benzene rings is 1. The minimum Gasteiger partial charge on any atom is -0.277 e. The van der Waals surface area contributed by atoms with Crippen LogP contribution in [-0.4, -0.2) is 12.6 Å². The van der Waals surface area contributed by atoms with Gasteiger partial charge in [0.25, 0.3) is 0 Å². The maximum absolute atomic E-state index is 12.6. The van der Waals surface area contributed by atoms with Crippen LogP contribution < -0.4 is 5.43 Å². The second-order valence-electron chi connectivity index (χ2n) is 2.18. The number of hydrogen-bond acceptors (Lipinski definition) is 2. The van der Waals surface area contributed by atoms with Crippen LogP contribution in [0.2, 0.25) is 0 Å². The van der Waals surface area contributed by atoms with Gasteiger partial charge in [0.05, 0.1) is 6.21 Å². The van der Waals surface area contributed by atoms with Crippen LogP contribution >= 0.6 is 0 Å². The van der Waals surface area contributed by atoms with Crippen LogP contribution in [-0.2, 0) is 4.79 Å². The normalized spacial score (nSPS) is 10.3. The predicted molar refractivity (Wildman–Crippen MR) is 43.2 cm³/mol. The molecular weight excluding hydrogens is 178 g/mol. The van der Waals surface area contributed by atoms with Gasteiger partial charge in [0, 0.05) is 0 Å². The standard InChI is InChI=1S/C8H6F2N2O/c9-7-2-1-6(3-8(7)10)4-11-12-5-13/h1-5H,(H,12,13)/b11-4+. The van der Waals surface area contributed by atoms with E-state index in [4.69, 9.17) is 0 Å². The van der Waals surface area contributed by atoms with Crippen LogP contribution in [0.1, 0.15) is 5.56 Å². The van der Waals surface area contributed by atoms with Crippen molar-refractivity contribution in [1.29, 1.82) is 0 Å². The molecule has 0 heterocycles. The molecule has 1 aromatic rings. The molecule has 0 fully saturated rings. The molecule has 0 saturated heterocycles. The first-order valence-corrected chi connectivity index (χ1v) is 3.41. The van der Waals surface area contributed by atoms with E-state index < -0.39 is 11.6 Å². The molecule has 1 N–H and O–H groups in total. The first-order valence-electron chi connectivity index (χ1n) is 3.41. The predicted octanol–water partition coefficient (Wildman–Crippen LogP) is 1.04. The maximum Gasteiger partial charge on any atom is 0.227 e. The molecule has 0 aliphatic rings. The Bertz CT molecular complexity index is 339.